The summed E-state index contributed by atoms with van der Waals surface area (Å²) in [6.45, 7) is 4.07. The normalized spacial score (nSPS) is 22.9. The second-order valence-corrected chi connectivity index (χ2v) is 7.46. The number of aromatic nitrogens is 2. The molecule has 2 aromatic heterocycles. The molecule has 1 amide bonds. The number of hydrogen-bond donors (Lipinski definition) is 1. The average molecular weight is 390 g/mol. The fraction of sp³-hybridized carbons (Fsp3) is 0.450. The first kappa shape index (κ1) is 19.4. The van der Waals surface area contributed by atoms with Crippen LogP contribution in [0.25, 0.3) is 11.7 Å². The van der Waals surface area contributed by atoms with Crippen molar-refractivity contribution in [3.63, 3.8) is 0 Å². The Morgan fingerprint density at radius 1 is 1.37 bits per heavy atom. The lowest BCUT2D eigenvalue weighted by Crippen LogP contribution is -2.45. The summed E-state index contributed by atoms with van der Waals surface area (Å²) in [5.41, 5.74) is 1.27. The van der Waals surface area contributed by atoms with Gasteiger partial charge in [0.15, 0.2) is 11.8 Å². The number of imidazole rings is 1. The van der Waals surface area contributed by atoms with E-state index in [0.29, 0.717) is 28.3 Å². The number of carbonyl (C=O) groups is 2. The van der Waals surface area contributed by atoms with E-state index in [2.05, 4.69) is 24.1 Å². The Bertz CT molecular complexity index is 861. The van der Waals surface area contributed by atoms with Crippen LogP contribution in [0.15, 0.2) is 30.5 Å². The van der Waals surface area contributed by atoms with E-state index in [0.717, 1.165) is 12.8 Å². The van der Waals surface area contributed by atoms with Gasteiger partial charge in [0.25, 0.3) is 5.91 Å². The number of hydrogen-bond acceptors (Lipinski definition) is 4. The van der Waals surface area contributed by atoms with Crippen molar-refractivity contribution in [1.82, 2.24) is 14.7 Å². The molecule has 0 radical (unpaired) electrons. The summed E-state index contributed by atoms with van der Waals surface area (Å²) in [5.74, 6) is 0.146. The third-order valence-electron chi connectivity index (χ3n) is 5.30. The fourth-order valence-electron chi connectivity index (χ4n) is 3.50. The fourth-order valence-corrected chi connectivity index (χ4v) is 3.74. The lowest BCUT2D eigenvalue weighted by molar-refractivity contribution is -0.144. The minimum Gasteiger partial charge on any atom is -0.452 e. The van der Waals surface area contributed by atoms with Gasteiger partial charge in [-0.2, -0.15) is 0 Å². The summed E-state index contributed by atoms with van der Waals surface area (Å²) >= 11 is 6.11. The monoisotopic (exact) mass is 389 g/mol. The van der Waals surface area contributed by atoms with E-state index in [1.807, 2.05) is 18.2 Å². The number of rotatable bonds is 5. The molecule has 0 spiro atoms. The molecule has 1 N–H and O–H groups in total. The zero-order chi connectivity index (χ0) is 19.4. The molecular formula is C20H24ClN3O3. The van der Waals surface area contributed by atoms with Gasteiger partial charge in [0.1, 0.15) is 5.65 Å². The number of halogens is 1. The highest BCUT2D eigenvalue weighted by molar-refractivity contribution is 6.31. The molecule has 0 bridgehead atoms. The number of nitrogens with one attached hydrogen (secondary N) is 1. The van der Waals surface area contributed by atoms with Gasteiger partial charge in [0.05, 0.1) is 5.69 Å². The zero-order valence-corrected chi connectivity index (χ0v) is 16.3. The molecule has 2 aromatic rings. The second kappa shape index (κ2) is 8.57. The topological polar surface area (TPSA) is 72.7 Å². The van der Waals surface area contributed by atoms with Crippen molar-refractivity contribution >= 4 is 35.2 Å². The first-order chi connectivity index (χ1) is 13.0. The van der Waals surface area contributed by atoms with Gasteiger partial charge in [0.2, 0.25) is 0 Å². The quantitative estimate of drug-likeness (QED) is 0.627. The summed E-state index contributed by atoms with van der Waals surface area (Å²) in [6.07, 6.45) is 7.86. The van der Waals surface area contributed by atoms with E-state index < -0.39 is 5.97 Å². The van der Waals surface area contributed by atoms with E-state index in [-0.39, 0.29) is 18.6 Å². The maximum absolute atomic E-state index is 12.1. The van der Waals surface area contributed by atoms with Crippen LogP contribution in [-0.4, -0.2) is 33.9 Å². The first-order valence-electron chi connectivity index (χ1n) is 9.22. The van der Waals surface area contributed by atoms with E-state index in [9.17, 15) is 9.59 Å². The third-order valence-corrected chi connectivity index (χ3v) is 5.58. The van der Waals surface area contributed by atoms with Crippen molar-refractivity contribution in [1.29, 1.82) is 0 Å². The SMILES string of the molecule is C[C@@H]1[C@H](C)CCC[C@H]1NC(=O)COC(=O)/C=C/c1c(Cl)nc2ccccn12. The Morgan fingerprint density at radius 2 is 2.19 bits per heavy atom. The highest BCUT2D eigenvalue weighted by Gasteiger charge is 2.28. The highest BCUT2D eigenvalue weighted by Crippen LogP contribution is 2.29. The van der Waals surface area contributed by atoms with E-state index in [1.165, 1.54) is 18.6 Å². The molecule has 2 heterocycles. The van der Waals surface area contributed by atoms with E-state index in [4.69, 9.17) is 16.3 Å². The van der Waals surface area contributed by atoms with E-state index in [1.54, 1.807) is 10.6 Å². The van der Waals surface area contributed by atoms with Crippen LogP contribution in [0.3, 0.4) is 0 Å². The predicted molar refractivity (Wildman–Crippen MR) is 104 cm³/mol. The average Bonchev–Trinajstić information content (AvgIpc) is 2.97. The van der Waals surface area contributed by atoms with Crippen molar-refractivity contribution in [2.24, 2.45) is 11.8 Å². The summed E-state index contributed by atoms with van der Waals surface area (Å²) in [5, 5.41) is 3.28. The van der Waals surface area contributed by atoms with Crippen LogP contribution in [0.4, 0.5) is 0 Å². The number of pyridine rings is 1. The van der Waals surface area contributed by atoms with Gasteiger partial charge in [-0.25, -0.2) is 9.78 Å². The molecule has 0 unspecified atom stereocenters. The number of esters is 1. The highest BCUT2D eigenvalue weighted by atomic mass is 35.5. The number of amides is 1. The van der Waals surface area contributed by atoms with Crippen LogP contribution >= 0.6 is 11.6 Å². The van der Waals surface area contributed by atoms with Crippen molar-refractivity contribution in [2.45, 2.75) is 39.2 Å². The Labute approximate surface area is 163 Å². The van der Waals surface area contributed by atoms with Gasteiger partial charge in [-0.05, 0) is 36.5 Å². The Balaban J connectivity index is 1.52. The Kier molecular flexibility index (Phi) is 6.16. The van der Waals surface area contributed by atoms with Gasteiger partial charge >= 0.3 is 5.97 Å². The van der Waals surface area contributed by atoms with Gasteiger partial charge in [0, 0.05) is 18.3 Å². The summed E-state index contributed by atoms with van der Waals surface area (Å²) < 4.78 is 6.82. The lowest BCUT2D eigenvalue weighted by atomic mass is 9.78. The van der Waals surface area contributed by atoms with Gasteiger partial charge in [-0.3, -0.25) is 9.20 Å². The minimum atomic E-state index is -0.600. The van der Waals surface area contributed by atoms with Gasteiger partial charge in [-0.1, -0.05) is 44.4 Å². The summed E-state index contributed by atoms with van der Waals surface area (Å²) in [4.78, 5) is 28.2. The molecule has 3 rings (SSSR count). The van der Waals surface area contributed by atoms with Crippen molar-refractivity contribution < 1.29 is 14.3 Å². The number of carbonyl (C=O) groups excluding carboxylic acids is 2. The third kappa shape index (κ3) is 4.69. The first-order valence-corrected chi connectivity index (χ1v) is 9.60. The number of ether oxygens (including phenoxy) is 1. The minimum absolute atomic E-state index is 0.146. The molecule has 1 saturated carbocycles. The van der Waals surface area contributed by atoms with Crippen LogP contribution in [0.2, 0.25) is 5.15 Å². The maximum Gasteiger partial charge on any atom is 0.331 e. The van der Waals surface area contributed by atoms with Crippen LogP contribution < -0.4 is 5.32 Å². The molecule has 0 aromatic carbocycles. The van der Waals surface area contributed by atoms with Gasteiger partial charge < -0.3 is 10.1 Å². The van der Waals surface area contributed by atoms with E-state index >= 15 is 0 Å². The molecule has 7 heteroatoms. The van der Waals surface area contributed by atoms with Crippen LogP contribution in [-0.2, 0) is 14.3 Å². The lowest BCUT2D eigenvalue weighted by Gasteiger charge is -2.34. The molecule has 1 fully saturated rings. The molecule has 3 atom stereocenters. The Hall–Kier alpha value is -2.34. The molecule has 0 aliphatic heterocycles. The number of fused-ring (bicyclic) bond motifs is 1. The van der Waals surface area contributed by atoms with Crippen LogP contribution in [0.5, 0.6) is 0 Å². The van der Waals surface area contributed by atoms with Gasteiger partial charge in [-0.15, -0.1) is 0 Å². The molecule has 144 valence electrons. The molecule has 1 aliphatic rings. The summed E-state index contributed by atoms with van der Waals surface area (Å²) in [6, 6.07) is 5.66. The molecule has 27 heavy (non-hydrogen) atoms. The zero-order valence-electron chi connectivity index (χ0n) is 15.5. The molecule has 6 nitrogen and oxygen atoms in total. The summed E-state index contributed by atoms with van der Waals surface area (Å²) in [7, 11) is 0. The Morgan fingerprint density at radius 3 is 3.00 bits per heavy atom. The smallest absolute Gasteiger partial charge is 0.331 e. The van der Waals surface area contributed by atoms with Crippen molar-refractivity contribution in [2.75, 3.05) is 6.61 Å². The second-order valence-electron chi connectivity index (χ2n) is 7.10. The van der Waals surface area contributed by atoms with Crippen LogP contribution in [0, 0.1) is 11.8 Å². The largest absolute Gasteiger partial charge is 0.452 e. The number of nitrogens with zero attached hydrogens (tertiary/aromatic N) is 2. The molecule has 1 aliphatic carbocycles. The predicted octanol–water partition coefficient (Wildman–Crippen LogP) is 3.49. The molecule has 0 saturated heterocycles. The maximum atomic E-state index is 12.1. The standard InChI is InChI=1S/C20H24ClN3O3/c1-13-6-5-7-15(14(13)2)22-18(25)12-27-19(26)10-9-16-20(21)23-17-8-3-4-11-24(16)17/h3-4,8-11,13-15H,5-7,12H2,1-2H3,(H,22,25)/b10-9+/t13-,14-,15-/m1/s1. The van der Waals surface area contributed by atoms with Crippen LogP contribution in [0.1, 0.15) is 38.8 Å². The van der Waals surface area contributed by atoms with Crippen molar-refractivity contribution in [3.05, 3.63) is 41.3 Å². The molecular weight excluding hydrogens is 366 g/mol. The van der Waals surface area contributed by atoms with Crippen molar-refractivity contribution in [3.8, 4) is 0 Å².